The van der Waals surface area contributed by atoms with E-state index < -0.39 is 23.8 Å². The minimum Gasteiger partial charge on any atom is -0.480 e. The Morgan fingerprint density at radius 2 is 1.64 bits per heavy atom. The van der Waals surface area contributed by atoms with E-state index in [-0.39, 0.29) is 16.7 Å². The maximum Gasteiger partial charge on any atom is 0.325 e. The molecular formula is C20H23N3O5. The van der Waals surface area contributed by atoms with Crippen LogP contribution >= 0.6 is 0 Å². The number of nitrogens with one attached hydrogen (secondary N) is 3. The Morgan fingerprint density at radius 1 is 1.00 bits per heavy atom. The van der Waals surface area contributed by atoms with Gasteiger partial charge in [0.15, 0.2) is 0 Å². The minimum atomic E-state index is -1.13. The van der Waals surface area contributed by atoms with E-state index in [1.54, 1.807) is 6.07 Å². The molecule has 0 bridgehead atoms. The third-order valence-electron chi connectivity index (χ3n) is 3.91. The van der Waals surface area contributed by atoms with Crippen LogP contribution < -0.4 is 16.2 Å². The second-order valence-electron chi connectivity index (χ2n) is 6.92. The first kappa shape index (κ1) is 20.9. The van der Waals surface area contributed by atoms with Gasteiger partial charge in [-0.1, -0.05) is 13.8 Å². The summed E-state index contributed by atoms with van der Waals surface area (Å²) in [5.74, 6) is -1.77. The highest BCUT2D eigenvalue weighted by Gasteiger charge is 2.15. The summed E-state index contributed by atoms with van der Waals surface area (Å²) < 4.78 is 0. The Balaban J connectivity index is 2.09. The maximum atomic E-state index is 12.4. The van der Waals surface area contributed by atoms with Gasteiger partial charge in [0.05, 0.1) is 0 Å². The number of aliphatic carboxylic acids is 1. The Labute approximate surface area is 162 Å². The molecule has 0 radical (unpaired) electrons. The summed E-state index contributed by atoms with van der Waals surface area (Å²) in [5.41, 5.74) is 1.30. The predicted octanol–water partition coefficient (Wildman–Crippen LogP) is 2.03. The SMILES string of the molecule is CC(C)Cc1cc(C(=O)Nc2ccc(C(=O)NC(C)C(=O)O)cc2)cc(=O)[nH]1. The van der Waals surface area contributed by atoms with Crippen LogP contribution in [0, 0.1) is 5.92 Å². The highest BCUT2D eigenvalue weighted by Crippen LogP contribution is 2.12. The van der Waals surface area contributed by atoms with E-state index in [9.17, 15) is 19.2 Å². The normalized spacial score (nSPS) is 11.7. The van der Waals surface area contributed by atoms with Gasteiger partial charge < -0.3 is 20.7 Å². The van der Waals surface area contributed by atoms with E-state index >= 15 is 0 Å². The highest BCUT2D eigenvalue weighted by molar-refractivity contribution is 6.04. The number of hydrogen-bond acceptors (Lipinski definition) is 4. The number of carboxylic acids is 1. The van der Waals surface area contributed by atoms with Crippen LogP contribution in [-0.2, 0) is 11.2 Å². The Bertz CT molecular complexity index is 932. The number of carbonyl (C=O) groups excluding carboxylic acids is 2. The Hall–Kier alpha value is -3.42. The summed E-state index contributed by atoms with van der Waals surface area (Å²) in [4.78, 5) is 49.7. The summed E-state index contributed by atoms with van der Waals surface area (Å²) >= 11 is 0. The number of pyridine rings is 1. The maximum absolute atomic E-state index is 12.4. The fourth-order valence-electron chi connectivity index (χ4n) is 2.53. The lowest BCUT2D eigenvalue weighted by Crippen LogP contribution is -2.38. The summed E-state index contributed by atoms with van der Waals surface area (Å²) in [5, 5.41) is 13.8. The van der Waals surface area contributed by atoms with Crippen molar-refractivity contribution >= 4 is 23.5 Å². The average Bonchev–Trinajstić information content (AvgIpc) is 2.61. The fourth-order valence-corrected chi connectivity index (χ4v) is 2.53. The predicted molar refractivity (Wildman–Crippen MR) is 105 cm³/mol. The molecule has 0 aliphatic rings. The second-order valence-corrected chi connectivity index (χ2v) is 6.92. The first-order chi connectivity index (χ1) is 13.2. The van der Waals surface area contributed by atoms with Crippen molar-refractivity contribution in [3.8, 4) is 0 Å². The molecule has 0 spiro atoms. The van der Waals surface area contributed by atoms with Crippen molar-refractivity contribution in [2.24, 2.45) is 5.92 Å². The summed E-state index contributed by atoms with van der Waals surface area (Å²) in [7, 11) is 0. The average molecular weight is 385 g/mol. The first-order valence-corrected chi connectivity index (χ1v) is 8.84. The molecule has 148 valence electrons. The van der Waals surface area contributed by atoms with Gasteiger partial charge >= 0.3 is 5.97 Å². The van der Waals surface area contributed by atoms with E-state index in [1.165, 1.54) is 37.3 Å². The van der Waals surface area contributed by atoms with Crippen molar-refractivity contribution in [3.05, 3.63) is 63.6 Å². The van der Waals surface area contributed by atoms with Crippen molar-refractivity contribution in [1.82, 2.24) is 10.3 Å². The number of hydrogen-bond donors (Lipinski definition) is 4. The number of carbonyl (C=O) groups is 3. The van der Waals surface area contributed by atoms with Gasteiger partial charge in [0.25, 0.3) is 11.8 Å². The molecule has 1 atom stereocenters. The topological polar surface area (TPSA) is 128 Å². The molecule has 0 saturated heterocycles. The molecule has 28 heavy (non-hydrogen) atoms. The van der Waals surface area contributed by atoms with Crippen molar-refractivity contribution in [1.29, 1.82) is 0 Å². The van der Waals surface area contributed by atoms with Gasteiger partial charge in [0.2, 0.25) is 5.56 Å². The molecule has 0 fully saturated rings. The quantitative estimate of drug-likeness (QED) is 0.580. The van der Waals surface area contributed by atoms with Crippen LogP contribution in [0.2, 0.25) is 0 Å². The lowest BCUT2D eigenvalue weighted by atomic mass is 10.1. The monoisotopic (exact) mass is 385 g/mol. The molecule has 1 aromatic heterocycles. The zero-order valence-electron chi connectivity index (χ0n) is 15.9. The molecular weight excluding hydrogens is 362 g/mol. The number of amides is 2. The van der Waals surface area contributed by atoms with Gasteiger partial charge in [-0.3, -0.25) is 19.2 Å². The molecule has 2 amide bonds. The molecule has 1 unspecified atom stereocenters. The second kappa shape index (κ2) is 8.98. The number of anilines is 1. The van der Waals surface area contributed by atoms with E-state index in [0.717, 1.165) is 0 Å². The smallest absolute Gasteiger partial charge is 0.325 e. The van der Waals surface area contributed by atoms with Crippen molar-refractivity contribution in [2.45, 2.75) is 33.2 Å². The van der Waals surface area contributed by atoms with E-state index in [1.807, 2.05) is 13.8 Å². The molecule has 8 nitrogen and oxygen atoms in total. The summed E-state index contributed by atoms with van der Waals surface area (Å²) in [6.45, 7) is 5.39. The Morgan fingerprint density at radius 3 is 2.21 bits per heavy atom. The third kappa shape index (κ3) is 5.80. The van der Waals surface area contributed by atoms with Crippen LogP contribution in [0.3, 0.4) is 0 Å². The zero-order valence-corrected chi connectivity index (χ0v) is 15.9. The van der Waals surface area contributed by atoms with Crippen LogP contribution in [0.1, 0.15) is 47.2 Å². The van der Waals surface area contributed by atoms with Gasteiger partial charge in [0, 0.05) is 28.6 Å². The summed E-state index contributed by atoms with van der Waals surface area (Å²) in [6, 6.07) is 7.87. The minimum absolute atomic E-state index is 0.247. The fraction of sp³-hybridized carbons (Fsp3) is 0.300. The molecule has 1 aromatic carbocycles. The molecule has 0 saturated carbocycles. The number of rotatable bonds is 7. The number of H-pyrrole nitrogens is 1. The van der Waals surface area contributed by atoms with Crippen LogP contribution in [0.25, 0.3) is 0 Å². The molecule has 4 N–H and O–H groups in total. The Kier molecular flexibility index (Phi) is 6.70. The number of carboxylic acid groups (broad SMARTS) is 1. The van der Waals surface area contributed by atoms with Crippen LogP contribution in [-0.4, -0.2) is 33.9 Å². The van der Waals surface area contributed by atoms with E-state index in [0.29, 0.717) is 23.7 Å². The molecule has 2 rings (SSSR count). The lowest BCUT2D eigenvalue weighted by molar-refractivity contribution is -0.138. The van der Waals surface area contributed by atoms with Gasteiger partial charge in [-0.2, -0.15) is 0 Å². The molecule has 2 aromatic rings. The summed E-state index contributed by atoms with van der Waals surface area (Å²) in [6.07, 6.45) is 0.648. The van der Waals surface area contributed by atoms with Crippen LogP contribution in [0.5, 0.6) is 0 Å². The van der Waals surface area contributed by atoms with Gasteiger partial charge in [-0.25, -0.2) is 0 Å². The molecule has 1 heterocycles. The van der Waals surface area contributed by atoms with E-state index in [2.05, 4.69) is 15.6 Å². The van der Waals surface area contributed by atoms with Gasteiger partial charge in [0.1, 0.15) is 6.04 Å². The number of aromatic amines is 1. The molecule has 0 aliphatic carbocycles. The molecule has 0 aliphatic heterocycles. The van der Waals surface area contributed by atoms with Crippen molar-refractivity contribution in [3.63, 3.8) is 0 Å². The van der Waals surface area contributed by atoms with E-state index in [4.69, 9.17) is 5.11 Å². The largest absolute Gasteiger partial charge is 0.480 e. The highest BCUT2D eigenvalue weighted by atomic mass is 16.4. The number of benzene rings is 1. The van der Waals surface area contributed by atoms with Gasteiger partial charge in [-0.15, -0.1) is 0 Å². The van der Waals surface area contributed by atoms with Crippen molar-refractivity contribution in [2.75, 3.05) is 5.32 Å². The third-order valence-corrected chi connectivity index (χ3v) is 3.91. The lowest BCUT2D eigenvalue weighted by Gasteiger charge is -2.10. The first-order valence-electron chi connectivity index (χ1n) is 8.84. The van der Waals surface area contributed by atoms with Crippen LogP contribution in [0.15, 0.2) is 41.2 Å². The molecule has 8 heteroatoms. The van der Waals surface area contributed by atoms with Gasteiger partial charge in [-0.05, 0) is 49.6 Å². The zero-order chi connectivity index (χ0) is 20.8. The number of aromatic nitrogens is 1. The van der Waals surface area contributed by atoms with Crippen molar-refractivity contribution < 1.29 is 19.5 Å². The van der Waals surface area contributed by atoms with Crippen LogP contribution in [0.4, 0.5) is 5.69 Å². The standard InChI is InChI=1S/C20H23N3O5/c1-11(2)8-16-9-14(10-17(24)22-16)19(26)23-15-6-4-13(5-7-15)18(25)21-12(3)20(27)28/h4-7,9-12H,8H2,1-3H3,(H,21,25)(H,22,24)(H,23,26)(H,27,28).